The van der Waals surface area contributed by atoms with Gasteiger partial charge in [0.05, 0.1) is 22.2 Å². The van der Waals surface area contributed by atoms with E-state index in [1.807, 2.05) is 31.2 Å². The van der Waals surface area contributed by atoms with Crippen molar-refractivity contribution in [3.8, 4) is 11.5 Å². The van der Waals surface area contributed by atoms with Crippen molar-refractivity contribution in [2.45, 2.75) is 20.1 Å². The van der Waals surface area contributed by atoms with Crippen LogP contribution in [-0.4, -0.2) is 17.7 Å². The van der Waals surface area contributed by atoms with Crippen molar-refractivity contribution < 1.29 is 19.4 Å². The van der Waals surface area contributed by atoms with Gasteiger partial charge in [-0.25, -0.2) is 4.79 Å². The van der Waals surface area contributed by atoms with Gasteiger partial charge in [0.2, 0.25) is 0 Å². The molecule has 31 heavy (non-hydrogen) atoms. The molecule has 0 aromatic heterocycles. The van der Waals surface area contributed by atoms with E-state index in [0.29, 0.717) is 47.0 Å². The van der Waals surface area contributed by atoms with Gasteiger partial charge in [-0.15, -0.1) is 0 Å². The first-order valence-corrected chi connectivity index (χ1v) is 10.6. The molecule has 0 heterocycles. The van der Waals surface area contributed by atoms with Crippen molar-refractivity contribution in [2.75, 3.05) is 11.9 Å². The molecule has 0 spiro atoms. The van der Waals surface area contributed by atoms with E-state index in [1.54, 1.807) is 24.3 Å². The Kier molecular flexibility index (Phi) is 7.91. The molecule has 0 unspecified atom stereocenters. The molecule has 0 amide bonds. The number of hydrogen-bond donors (Lipinski definition) is 2. The van der Waals surface area contributed by atoms with Crippen molar-refractivity contribution in [2.24, 2.45) is 0 Å². The molecule has 3 aromatic carbocycles. The fourth-order valence-corrected chi connectivity index (χ4v) is 3.61. The topological polar surface area (TPSA) is 67.8 Å². The Hall–Kier alpha value is -2.60. The largest absolute Gasteiger partial charge is 0.490 e. The Morgan fingerprint density at radius 2 is 1.77 bits per heavy atom. The van der Waals surface area contributed by atoms with Crippen LogP contribution < -0.4 is 14.8 Å². The minimum absolute atomic E-state index is 0.0319. The number of carbonyl (C=O) groups is 1. The van der Waals surface area contributed by atoms with Crippen molar-refractivity contribution in [1.29, 1.82) is 0 Å². The Labute approximate surface area is 195 Å². The fourth-order valence-electron chi connectivity index (χ4n) is 2.91. The predicted octanol–water partition coefficient (Wildman–Crippen LogP) is 6.93. The number of rotatable bonds is 9. The molecule has 0 fully saturated rings. The number of halogens is 3. The van der Waals surface area contributed by atoms with E-state index in [2.05, 4.69) is 5.32 Å². The van der Waals surface area contributed by atoms with Gasteiger partial charge in [0.15, 0.2) is 11.5 Å². The molecule has 0 radical (unpaired) electrons. The molecule has 3 aromatic rings. The zero-order valence-electron chi connectivity index (χ0n) is 16.6. The first-order chi connectivity index (χ1) is 14.9. The summed E-state index contributed by atoms with van der Waals surface area (Å²) in [6.45, 7) is 3.01. The van der Waals surface area contributed by atoms with Gasteiger partial charge in [-0.2, -0.15) is 0 Å². The highest BCUT2D eigenvalue weighted by Gasteiger charge is 2.14. The number of hydrogen-bond acceptors (Lipinski definition) is 4. The van der Waals surface area contributed by atoms with Crippen LogP contribution in [0.3, 0.4) is 0 Å². The number of carboxylic acids is 1. The van der Waals surface area contributed by atoms with E-state index >= 15 is 0 Å². The van der Waals surface area contributed by atoms with E-state index < -0.39 is 5.97 Å². The number of benzene rings is 3. The second-order valence-corrected chi connectivity index (χ2v) is 7.86. The Morgan fingerprint density at radius 3 is 2.48 bits per heavy atom. The maximum absolute atomic E-state index is 11.3. The molecule has 0 aliphatic rings. The molecule has 0 saturated carbocycles. The second-order valence-electron chi connectivity index (χ2n) is 6.61. The highest BCUT2D eigenvalue weighted by molar-refractivity contribution is 6.33. The van der Waals surface area contributed by atoms with Gasteiger partial charge in [0.25, 0.3) is 0 Å². The lowest BCUT2D eigenvalue weighted by molar-refractivity contribution is 0.0697. The summed E-state index contributed by atoms with van der Waals surface area (Å²) >= 11 is 18.4. The van der Waals surface area contributed by atoms with Crippen molar-refractivity contribution in [1.82, 2.24) is 0 Å². The second kappa shape index (κ2) is 10.6. The monoisotopic (exact) mass is 479 g/mol. The summed E-state index contributed by atoms with van der Waals surface area (Å²) in [7, 11) is 0. The molecule has 2 N–H and O–H groups in total. The van der Waals surface area contributed by atoms with Crippen molar-refractivity contribution >= 4 is 46.5 Å². The summed E-state index contributed by atoms with van der Waals surface area (Å²) in [6.07, 6.45) is 0. The van der Waals surface area contributed by atoms with Crippen LogP contribution >= 0.6 is 34.8 Å². The van der Waals surface area contributed by atoms with Crippen LogP contribution in [0.4, 0.5) is 5.69 Å². The summed E-state index contributed by atoms with van der Waals surface area (Å²) < 4.78 is 11.6. The lowest BCUT2D eigenvalue weighted by atomic mass is 10.1. The highest BCUT2D eigenvalue weighted by atomic mass is 35.5. The third kappa shape index (κ3) is 6.20. The summed E-state index contributed by atoms with van der Waals surface area (Å²) in [5, 5.41) is 13.6. The molecule has 8 heteroatoms. The van der Waals surface area contributed by atoms with E-state index in [9.17, 15) is 9.90 Å². The number of carboxylic acid groups (broad SMARTS) is 1. The predicted molar refractivity (Wildman–Crippen MR) is 124 cm³/mol. The Bertz CT molecular complexity index is 1090. The van der Waals surface area contributed by atoms with Gasteiger partial charge < -0.3 is 19.9 Å². The lowest BCUT2D eigenvalue weighted by Crippen LogP contribution is -2.05. The number of anilines is 1. The van der Waals surface area contributed by atoms with Gasteiger partial charge >= 0.3 is 5.97 Å². The summed E-state index contributed by atoms with van der Waals surface area (Å²) in [5.41, 5.74) is 2.41. The number of aromatic carboxylic acids is 1. The van der Waals surface area contributed by atoms with Crippen LogP contribution in [0.1, 0.15) is 28.4 Å². The van der Waals surface area contributed by atoms with Gasteiger partial charge in [-0.1, -0.05) is 46.9 Å². The van der Waals surface area contributed by atoms with Gasteiger partial charge in [-0.3, -0.25) is 0 Å². The summed E-state index contributed by atoms with van der Waals surface area (Å²) in [4.78, 5) is 11.3. The van der Waals surface area contributed by atoms with E-state index in [4.69, 9.17) is 44.3 Å². The fraction of sp³-hybridized carbons (Fsp3) is 0.174. The third-order valence-electron chi connectivity index (χ3n) is 4.33. The quantitative estimate of drug-likeness (QED) is 0.347. The van der Waals surface area contributed by atoms with E-state index in [1.165, 1.54) is 6.07 Å². The zero-order valence-corrected chi connectivity index (χ0v) is 18.9. The standard InChI is InChI=1S/C23H20Cl3NO4/c1-2-30-21-10-15(12-27-17-6-7-19(25)18(11-17)23(28)29)9-20(26)22(21)31-13-14-4-3-5-16(24)8-14/h3-11,27H,2,12-13H2,1H3,(H,28,29). The van der Waals surface area contributed by atoms with Crippen molar-refractivity contribution in [3.05, 3.63) is 86.4 Å². The zero-order chi connectivity index (χ0) is 22.4. The highest BCUT2D eigenvalue weighted by Crippen LogP contribution is 2.37. The molecular formula is C23H20Cl3NO4. The number of ether oxygens (including phenoxy) is 2. The van der Waals surface area contributed by atoms with Crippen LogP contribution in [-0.2, 0) is 13.2 Å². The summed E-state index contributed by atoms with van der Waals surface area (Å²) in [6, 6.07) is 15.7. The average molecular weight is 481 g/mol. The molecular weight excluding hydrogens is 461 g/mol. The lowest BCUT2D eigenvalue weighted by Gasteiger charge is -2.16. The van der Waals surface area contributed by atoms with Crippen molar-refractivity contribution in [3.63, 3.8) is 0 Å². The van der Waals surface area contributed by atoms with Crippen LogP contribution in [0.15, 0.2) is 54.6 Å². The van der Waals surface area contributed by atoms with Gasteiger partial charge in [0.1, 0.15) is 6.61 Å². The maximum Gasteiger partial charge on any atom is 0.337 e. The van der Waals surface area contributed by atoms with Gasteiger partial charge in [-0.05, 0) is 60.5 Å². The van der Waals surface area contributed by atoms with Gasteiger partial charge in [0, 0.05) is 17.3 Å². The molecule has 0 atom stereocenters. The minimum atomic E-state index is -1.09. The molecule has 0 saturated heterocycles. The smallest absolute Gasteiger partial charge is 0.337 e. The minimum Gasteiger partial charge on any atom is -0.490 e. The van der Waals surface area contributed by atoms with Crippen LogP contribution in [0.2, 0.25) is 15.1 Å². The van der Waals surface area contributed by atoms with Crippen LogP contribution in [0, 0.1) is 0 Å². The average Bonchev–Trinajstić information content (AvgIpc) is 2.72. The molecule has 0 aliphatic heterocycles. The molecule has 3 rings (SSSR count). The van der Waals surface area contributed by atoms with Crippen LogP contribution in [0.5, 0.6) is 11.5 Å². The normalized spacial score (nSPS) is 10.6. The first-order valence-electron chi connectivity index (χ1n) is 9.46. The van der Waals surface area contributed by atoms with E-state index in [-0.39, 0.29) is 10.6 Å². The molecule has 5 nitrogen and oxygen atoms in total. The third-order valence-corrected chi connectivity index (χ3v) is 5.18. The molecule has 162 valence electrons. The van der Waals surface area contributed by atoms with E-state index in [0.717, 1.165) is 11.1 Å². The SMILES string of the molecule is CCOc1cc(CNc2ccc(Cl)c(C(=O)O)c2)cc(Cl)c1OCc1cccc(Cl)c1. The molecule has 0 bridgehead atoms. The maximum atomic E-state index is 11.3. The van der Waals surface area contributed by atoms with Crippen LogP contribution in [0.25, 0.3) is 0 Å². The Balaban J connectivity index is 1.76. The molecule has 0 aliphatic carbocycles. The number of nitrogens with one attached hydrogen (secondary N) is 1. The first kappa shape index (κ1) is 23.1. The summed E-state index contributed by atoms with van der Waals surface area (Å²) in [5.74, 6) is -0.111. The Morgan fingerprint density at radius 1 is 0.968 bits per heavy atom.